The number of hydrogen-bond acceptors (Lipinski definition) is 3. The molecule has 0 amide bonds. The van der Waals surface area contributed by atoms with Crippen LogP contribution in [0.5, 0.6) is 0 Å². The van der Waals surface area contributed by atoms with Crippen molar-refractivity contribution in [1.82, 2.24) is 9.47 Å². The molecule has 136 valence electrons. The van der Waals surface area contributed by atoms with E-state index in [-0.39, 0.29) is 0 Å². The lowest BCUT2D eigenvalue weighted by molar-refractivity contribution is 0.110. The second kappa shape index (κ2) is 7.31. The van der Waals surface area contributed by atoms with Crippen LogP contribution in [0.1, 0.15) is 11.7 Å². The second-order valence-electron chi connectivity index (χ2n) is 6.97. The summed E-state index contributed by atoms with van der Waals surface area (Å²) in [6.45, 7) is 4.35. The number of fused-ring (bicyclic) bond motifs is 1. The predicted octanol–water partition coefficient (Wildman–Crippen LogP) is 3.69. The highest BCUT2D eigenvalue weighted by atomic mass is 35.5. The van der Waals surface area contributed by atoms with Crippen molar-refractivity contribution >= 4 is 28.2 Å². The minimum Gasteiger partial charge on any atom is -0.387 e. The zero-order valence-electron chi connectivity index (χ0n) is 15.0. The van der Waals surface area contributed by atoms with Crippen LogP contribution in [0.3, 0.4) is 0 Å². The molecule has 1 saturated heterocycles. The molecule has 1 aliphatic heterocycles. The van der Waals surface area contributed by atoms with E-state index >= 15 is 0 Å². The lowest BCUT2D eigenvalue weighted by Gasteiger charge is -2.37. The monoisotopic (exact) mass is 369 g/mol. The van der Waals surface area contributed by atoms with Crippen LogP contribution < -0.4 is 4.90 Å². The molecule has 1 aliphatic rings. The summed E-state index contributed by atoms with van der Waals surface area (Å²) in [6.07, 6.45) is 1.57. The van der Waals surface area contributed by atoms with E-state index < -0.39 is 6.10 Å². The Morgan fingerprint density at radius 2 is 1.69 bits per heavy atom. The number of aliphatic hydroxyl groups is 1. The van der Waals surface area contributed by atoms with Gasteiger partial charge in [0, 0.05) is 62.4 Å². The number of halogens is 1. The third-order valence-corrected chi connectivity index (χ3v) is 5.60. The van der Waals surface area contributed by atoms with Crippen LogP contribution in [0.25, 0.3) is 10.9 Å². The SMILES string of the molecule is Cn1cc([C@@H](O)CN2CCN(c3ccccc3Cl)CC2)c2ccccc21. The van der Waals surface area contributed by atoms with Crippen molar-refractivity contribution in [1.29, 1.82) is 0 Å². The number of para-hydroxylation sites is 2. The first-order chi connectivity index (χ1) is 12.6. The average molecular weight is 370 g/mol. The zero-order chi connectivity index (χ0) is 18.1. The third kappa shape index (κ3) is 3.32. The highest BCUT2D eigenvalue weighted by Crippen LogP contribution is 2.28. The minimum atomic E-state index is -0.479. The van der Waals surface area contributed by atoms with Crippen LogP contribution >= 0.6 is 11.6 Å². The van der Waals surface area contributed by atoms with E-state index in [1.807, 2.05) is 37.4 Å². The topological polar surface area (TPSA) is 31.6 Å². The highest BCUT2D eigenvalue weighted by molar-refractivity contribution is 6.33. The van der Waals surface area contributed by atoms with Crippen LogP contribution in [0.15, 0.2) is 54.7 Å². The van der Waals surface area contributed by atoms with E-state index in [2.05, 4.69) is 38.8 Å². The van der Waals surface area contributed by atoms with E-state index in [1.165, 1.54) is 0 Å². The molecule has 0 radical (unpaired) electrons. The van der Waals surface area contributed by atoms with Gasteiger partial charge in [0.2, 0.25) is 0 Å². The fraction of sp³-hybridized carbons (Fsp3) is 0.333. The predicted molar refractivity (Wildman–Crippen MR) is 108 cm³/mol. The molecule has 4 rings (SSSR count). The first-order valence-electron chi connectivity index (χ1n) is 9.07. The molecule has 5 heteroatoms. The fourth-order valence-corrected chi connectivity index (χ4v) is 4.12. The molecule has 0 aliphatic carbocycles. The lowest BCUT2D eigenvalue weighted by atomic mass is 10.1. The summed E-state index contributed by atoms with van der Waals surface area (Å²) in [7, 11) is 2.03. The van der Waals surface area contributed by atoms with E-state index in [9.17, 15) is 5.11 Å². The number of anilines is 1. The van der Waals surface area contributed by atoms with Crippen molar-refractivity contribution in [3.8, 4) is 0 Å². The zero-order valence-corrected chi connectivity index (χ0v) is 15.7. The molecule has 1 atom stereocenters. The number of aromatic nitrogens is 1. The fourth-order valence-electron chi connectivity index (χ4n) is 3.86. The Morgan fingerprint density at radius 3 is 2.46 bits per heavy atom. The standard InChI is InChI=1S/C21H24ClN3O/c1-23-14-17(16-6-2-4-8-19(16)23)21(26)15-24-10-12-25(13-11-24)20-9-5-3-7-18(20)22/h2-9,14,21,26H,10-13,15H2,1H3/t21-/m0/s1. The molecule has 0 saturated carbocycles. The Kier molecular flexibility index (Phi) is 4.90. The van der Waals surface area contributed by atoms with Crippen molar-refractivity contribution in [3.63, 3.8) is 0 Å². The normalized spacial score (nSPS) is 17.0. The van der Waals surface area contributed by atoms with Crippen LogP contribution in [0, 0.1) is 0 Å². The summed E-state index contributed by atoms with van der Waals surface area (Å²) in [6, 6.07) is 16.2. The molecule has 2 aromatic carbocycles. The van der Waals surface area contributed by atoms with Gasteiger partial charge >= 0.3 is 0 Å². The summed E-state index contributed by atoms with van der Waals surface area (Å²) < 4.78 is 2.09. The summed E-state index contributed by atoms with van der Waals surface area (Å²) in [5.74, 6) is 0. The lowest BCUT2D eigenvalue weighted by Crippen LogP contribution is -2.47. The van der Waals surface area contributed by atoms with Crippen molar-refractivity contribution in [3.05, 3.63) is 65.3 Å². The van der Waals surface area contributed by atoms with E-state index in [0.29, 0.717) is 6.54 Å². The first kappa shape index (κ1) is 17.4. The van der Waals surface area contributed by atoms with Crippen LogP contribution in [0.4, 0.5) is 5.69 Å². The maximum Gasteiger partial charge on any atom is 0.0937 e. The number of rotatable bonds is 4. The number of nitrogens with zero attached hydrogens (tertiary/aromatic N) is 3. The van der Waals surface area contributed by atoms with Gasteiger partial charge in [-0.15, -0.1) is 0 Å². The Balaban J connectivity index is 1.42. The van der Waals surface area contributed by atoms with Crippen molar-refractivity contribution in [2.24, 2.45) is 7.05 Å². The summed E-state index contributed by atoms with van der Waals surface area (Å²) in [5, 5.41) is 12.8. The van der Waals surface area contributed by atoms with Gasteiger partial charge in [-0.3, -0.25) is 4.90 Å². The molecule has 26 heavy (non-hydrogen) atoms. The van der Waals surface area contributed by atoms with Gasteiger partial charge < -0.3 is 14.6 Å². The Bertz CT molecular complexity index is 899. The number of β-amino-alcohol motifs (C(OH)–C–C–N with tert-alkyl or cyclic N) is 1. The van der Waals surface area contributed by atoms with Gasteiger partial charge in [-0.2, -0.15) is 0 Å². The van der Waals surface area contributed by atoms with Gasteiger partial charge in [-0.1, -0.05) is 41.9 Å². The van der Waals surface area contributed by atoms with E-state index in [1.54, 1.807) is 0 Å². The quantitative estimate of drug-likeness (QED) is 0.761. The largest absolute Gasteiger partial charge is 0.387 e. The number of hydrogen-bond donors (Lipinski definition) is 1. The van der Waals surface area contributed by atoms with Crippen molar-refractivity contribution in [2.75, 3.05) is 37.6 Å². The van der Waals surface area contributed by atoms with Crippen molar-refractivity contribution < 1.29 is 5.11 Å². The Morgan fingerprint density at radius 1 is 1.00 bits per heavy atom. The number of aryl methyl sites for hydroxylation is 1. The van der Waals surface area contributed by atoms with Gasteiger partial charge in [-0.05, 0) is 18.2 Å². The van der Waals surface area contributed by atoms with Gasteiger partial charge in [-0.25, -0.2) is 0 Å². The van der Waals surface area contributed by atoms with Crippen molar-refractivity contribution in [2.45, 2.75) is 6.10 Å². The highest BCUT2D eigenvalue weighted by Gasteiger charge is 2.22. The summed E-state index contributed by atoms with van der Waals surface area (Å²) >= 11 is 6.32. The third-order valence-electron chi connectivity index (χ3n) is 5.28. The maximum atomic E-state index is 10.8. The van der Waals surface area contributed by atoms with Gasteiger partial charge in [0.1, 0.15) is 0 Å². The molecule has 0 bridgehead atoms. The van der Waals surface area contributed by atoms with E-state index in [0.717, 1.165) is 53.4 Å². The average Bonchev–Trinajstić information content (AvgIpc) is 3.00. The second-order valence-corrected chi connectivity index (χ2v) is 7.37. The molecule has 0 unspecified atom stereocenters. The molecular weight excluding hydrogens is 346 g/mol. The minimum absolute atomic E-state index is 0.479. The summed E-state index contributed by atoms with van der Waals surface area (Å²) in [5.41, 5.74) is 3.27. The first-order valence-corrected chi connectivity index (χ1v) is 9.45. The Labute approximate surface area is 159 Å². The van der Waals surface area contributed by atoms with Crippen LogP contribution in [-0.4, -0.2) is 47.3 Å². The number of aliphatic hydroxyl groups excluding tert-OH is 1. The molecule has 1 fully saturated rings. The molecule has 1 N–H and O–H groups in total. The molecule has 0 spiro atoms. The van der Waals surface area contributed by atoms with Gasteiger partial charge in [0.25, 0.3) is 0 Å². The number of piperazine rings is 1. The van der Waals surface area contributed by atoms with Crippen LogP contribution in [-0.2, 0) is 7.05 Å². The van der Waals surface area contributed by atoms with Gasteiger partial charge in [0.05, 0.1) is 16.8 Å². The summed E-state index contributed by atoms with van der Waals surface area (Å²) in [4.78, 5) is 4.66. The number of benzene rings is 2. The molecule has 1 aromatic heterocycles. The van der Waals surface area contributed by atoms with Crippen LogP contribution in [0.2, 0.25) is 5.02 Å². The van der Waals surface area contributed by atoms with E-state index in [4.69, 9.17) is 11.6 Å². The molecular formula is C21H24ClN3O. The van der Waals surface area contributed by atoms with Gasteiger partial charge in [0.15, 0.2) is 0 Å². The molecule has 4 nitrogen and oxygen atoms in total. The molecule has 2 heterocycles. The molecule has 3 aromatic rings. The maximum absolute atomic E-state index is 10.8. The smallest absolute Gasteiger partial charge is 0.0937 e. The Hall–Kier alpha value is -2.01.